The maximum Gasteiger partial charge on any atom is 0.345 e. The molecular formula is C18H29N7O2. The summed E-state index contributed by atoms with van der Waals surface area (Å²) in [6.45, 7) is 9.33. The van der Waals surface area contributed by atoms with Crippen LogP contribution in [-0.2, 0) is 30.8 Å². The molecule has 0 aromatic carbocycles. The molecule has 1 amide bonds. The van der Waals surface area contributed by atoms with E-state index in [1.54, 1.807) is 13.9 Å². The van der Waals surface area contributed by atoms with Gasteiger partial charge in [-0.1, -0.05) is 13.8 Å². The lowest BCUT2D eigenvalue weighted by Gasteiger charge is -2.16. The van der Waals surface area contributed by atoms with Crippen molar-refractivity contribution in [3.05, 3.63) is 28.0 Å². The van der Waals surface area contributed by atoms with Gasteiger partial charge < -0.3 is 5.32 Å². The average molecular weight is 375 g/mol. The molecule has 0 saturated carbocycles. The maximum atomic E-state index is 12.5. The van der Waals surface area contributed by atoms with Gasteiger partial charge in [0, 0.05) is 25.6 Å². The molecule has 0 radical (unpaired) electrons. The van der Waals surface area contributed by atoms with Gasteiger partial charge >= 0.3 is 5.69 Å². The smallest absolute Gasteiger partial charge is 0.345 e. The van der Waals surface area contributed by atoms with Crippen LogP contribution in [0.2, 0.25) is 0 Å². The highest BCUT2D eigenvalue weighted by molar-refractivity contribution is 5.76. The fraction of sp³-hybridized carbons (Fsp3) is 0.722. The summed E-state index contributed by atoms with van der Waals surface area (Å²) < 4.78 is 4.96. The van der Waals surface area contributed by atoms with Crippen molar-refractivity contribution in [2.24, 2.45) is 5.92 Å². The second-order valence-corrected chi connectivity index (χ2v) is 7.71. The van der Waals surface area contributed by atoms with Crippen molar-refractivity contribution in [1.82, 2.24) is 34.4 Å². The third-order valence-corrected chi connectivity index (χ3v) is 4.96. The molecule has 1 aliphatic rings. The number of aryl methyl sites for hydroxylation is 4. The Morgan fingerprint density at radius 2 is 2.00 bits per heavy atom. The molecule has 0 bridgehead atoms. The second kappa shape index (κ2) is 8.06. The first kappa shape index (κ1) is 19.3. The Morgan fingerprint density at radius 1 is 1.22 bits per heavy atom. The topological polar surface area (TPSA) is 99.6 Å². The van der Waals surface area contributed by atoms with Crippen LogP contribution in [0.1, 0.15) is 50.6 Å². The second-order valence-electron chi connectivity index (χ2n) is 7.71. The van der Waals surface area contributed by atoms with Crippen molar-refractivity contribution in [3.8, 4) is 0 Å². The zero-order valence-electron chi connectivity index (χ0n) is 16.6. The Labute approximate surface area is 158 Å². The summed E-state index contributed by atoms with van der Waals surface area (Å²) in [6, 6.07) is 0.0349. The van der Waals surface area contributed by atoms with Gasteiger partial charge in [-0.3, -0.25) is 9.36 Å². The molecule has 9 nitrogen and oxygen atoms in total. The van der Waals surface area contributed by atoms with Crippen LogP contribution in [0, 0.1) is 19.8 Å². The molecule has 3 rings (SSSR count). The van der Waals surface area contributed by atoms with E-state index in [9.17, 15) is 9.59 Å². The van der Waals surface area contributed by atoms with Gasteiger partial charge in [0.25, 0.3) is 0 Å². The summed E-state index contributed by atoms with van der Waals surface area (Å²) in [5, 5.41) is 11.8. The van der Waals surface area contributed by atoms with Crippen molar-refractivity contribution in [2.45, 2.75) is 79.1 Å². The molecule has 1 aliphatic heterocycles. The third kappa shape index (κ3) is 4.64. The number of fused-ring (bicyclic) bond motifs is 1. The Balaban J connectivity index is 1.58. The minimum absolute atomic E-state index is 0.0349. The zero-order valence-corrected chi connectivity index (χ0v) is 16.6. The molecule has 1 atom stereocenters. The van der Waals surface area contributed by atoms with E-state index in [-0.39, 0.29) is 24.2 Å². The molecule has 3 heterocycles. The average Bonchev–Trinajstić information content (AvgIpc) is 2.97. The summed E-state index contributed by atoms with van der Waals surface area (Å²) >= 11 is 0. The van der Waals surface area contributed by atoms with Gasteiger partial charge in [-0.2, -0.15) is 10.2 Å². The van der Waals surface area contributed by atoms with Gasteiger partial charge in [0.05, 0.1) is 0 Å². The van der Waals surface area contributed by atoms with Crippen molar-refractivity contribution in [2.75, 3.05) is 0 Å². The van der Waals surface area contributed by atoms with Crippen LogP contribution in [-0.4, -0.2) is 41.1 Å². The number of hydrogen-bond acceptors (Lipinski definition) is 5. The quantitative estimate of drug-likeness (QED) is 0.806. The number of carbonyl (C=O) groups excluding carboxylic acids is 1. The van der Waals surface area contributed by atoms with Gasteiger partial charge in [-0.25, -0.2) is 19.1 Å². The summed E-state index contributed by atoms with van der Waals surface area (Å²) in [5.74, 6) is 2.67. The normalized spacial score (nSPS) is 17.0. The van der Waals surface area contributed by atoms with Crippen LogP contribution in [0.4, 0.5) is 0 Å². The molecule has 0 aliphatic carbocycles. The highest BCUT2D eigenvalue weighted by atomic mass is 16.2. The Bertz CT molecular complexity index is 862. The number of nitrogens with one attached hydrogen (secondary N) is 1. The van der Waals surface area contributed by atoms with Crippen LogP contribution >= 0.6 is 0 Å². The number of rotatable bonds is 6. The van der Waals surface area contributed by atoms with Gasteiger partial charge in [0.1, 0.15) is 24.0 Å². The first-order chi connectivity index (χ1) is 12.8. The minimum Gasteiger partial charge on any atom is -0.352 e. The van der Waals surface area contributed by atoms with Crippen LogP contribution in [0.25, 0.3) is 0 Å². The number of hydrogen-bond donors (Lipinski definition) is 1. The molecule has 2 aromatic rings. The number of amides is 1. The molecule has 0 spiro atoms. The van der Waals surface area contributed by atoms with Gasteiger partial charge in [-0.05, 0) is 39.0 Å². The van der Waals surface area contributed by atoms with Crippen LogP contribution in [0.3, 0.4) is 0 Å². The largest absolute Gasteiger partial charge is 0.352 e. The van der Waals surface area contributed by atoms with Crippen molar-refractivity contribution < 1.29 is 4.79 Å². The van der Waals surface area contributed by atoms with Gasteiger partial charge in [0.15, 0.2) is 0 Å². The lowest BCUT2D eigenvalue weighted by atomic mass is 10.1. The summed E-state index contributed by atoms with van der Waals surface area (Å²) in [7, 11) is 0. The first-order valence-corrected chi connectivity index (χ1v) is 9.67. The maximum absolute atomic E-state index is 12.5. The standard InChI is InChI=1S/C18H29N7O2/c1-12(2)7-10-24-18(27)23-9-8-15(5-6-16(23)22-24)20-17(26)11-25-14(4)19-13(3)21-25/h12,15H,5-11H2,1-4H3,(H,20,26). The molecule has 0 fully saturated rings. The minimum atomic E-state index is -0.0816. The molecule has 1 unspecified atom stereocenters. The van der Waals surface area contributed by atoms with Crippen LogP contribution in [0.15, 0.2) is 4.79 Å². The van der Waals surface area contributed by atoms with E-state index in [4.69, 9.17) is 0 Å². The molecular weight excluding hydrogens is 346 g/mol. The summed E-state index contributed by atoms with van der Waals surface area (Å²) in [5.41, 5.74) is -0.0358. The van der Waals surface area contributed by atoms with Crippen molar-refractivity contribution >= 4 is 5.91 Å². The van der Waals surface area contributed by atoms with E-state index in [0.29, 0.717) is 31.3 Å². The van der Waals surface area contributed by atoms with E-state index in [1.807, 2.05) is 13.8 Å². The van der Waals surface area contributed by atoms with Crippen LogP contribution in [0.5, 0.6) is 0 Å². The third-order valence-electron chi connectivity index (χ3n) is 4.96. The Morgan fingerprint density at radius 3 is 2.67 bits per heavy atom. The fourth-order valence-electron chi connectivity index (χ4n) is 3.42. The fourth-order valence-corrected chi connectivity index (χ4v) is 3.42. The van der Waals surface area contributed by atoms with E-state index >= 15 is 0 Å². The lowest BCUT2D eigenvalue weighted by Crippen LogP contribution is -2.38. The highest BCUT2D eigenvalue weighted by Gasteiger charge is 2.22. The Hall–Kier alpha value is -2.45. The molecule has 2 aromatic heterocycles. The SMILES string of the molecule is Cc1nc(C)n(CC(=O)NC2CCc3nn(CCC(C)C)c(=O)n3CC2)n1. The Kier molecular flexibility index (Phi) is 5.76. The predicted molar refractivity (Wildman–Crippen MR) is 100 cm³/mol. The molecule has 1 N–H and O–H groups in total. The number of nitrogens with zero attached hydrogens (tertiary/aromatic N) is 6. The molecule has 148 valence electrons. The van der Waals surface area contributed by atoms with Crippen LogP contribution < -0.4 is 11.0 Å². The number of carbonyl (C=O) groups is 1. The molecule has 9 heteroatoms. The monoisotopic (exact) mass is 375 g/mol. The predicted octanol–water partition coefficient (Wildman–Crippen LogP) is 0.821. The van der Waals surface area contributed by atoms with E-state index in [1.165, 1.54) is 0 Å². The highest BCUT2D eigenvalue weighted by Crippen LogP contribution is 2.12. The molecule has 27 heavy (non-hydrogen) atoms. The zero-order chi connectivity index (χ0) is 19.6. The number of aromatic nitrogens is 6. The van der Waals surface area contributed by atoms with Gasteiger partial charge in [-0.15, -0.1) is 0 Å². The molecule has 0 saturated heterocycles. The van der Waals surface area contributed by atoms with Crippen molar-refractivity contribution in [1.29, 1.82) is 0 Å². The van der Waals surface area contributed by atoms with E-state index < -0.39 is 0 Å². The first-order valence-electron chi connectivity index (χ1n) is 9.67. The van der Waals surface area contributed by atoms with Gasteiger partial charge in [0.2, 0.25) is 5.91 Å². The van der Waals surface area contributed by atoms with E-state index in [2.05, 4.69) is 34.3 Å². The summed E-state index contributed by atoms with van der Waals surface area (Å²) in [4.78, 5) is 29.1. The summed E-state index contributed by atoms with van der Waals surface area (Å²) in [6.07, 6.45) is 3.14. The lowest BCUT2D eigenvalue weighted by molar-refractivity contribution is -0.122. The van der Waals surface area contributed by atoms with Crippen molar-refractivity contribution in [3.63, 3.8) is 0 Å². The van der Waals surface area contributed by atoms with E-state index in [0.717, 1.165) is 30.9 Å².